The number of benzene rings is 1. The Bertz CT molecular complexity index is 933. The quantitative estimate of drug-likeness (QED) is 0.836. The molecule has 0 unspecified atom stereocenters. The molecule has 0 saturated carbocycles. The monoisotopic (exact) mass is 411 g/mol. The molecule has 0 bridgehead atoms. The first-order chi connectivity index (χ1) is 14.5. The maximum absolute atomic E-state index is 12.8. The third kappa shape index (κ3) is 4.33. The molecule has 8 heteroatoms. The van der Waals surface area contributed by atoms with E-state index < -0.39 is 0 Å². The summed E-state index contributed by atoms with van der Waals surface area (Å²) in [6.45, 7) is 5.68. The van der Waals surface area contributed by atoms with Gasteiger partial charge in [0.05, 0.1) is 25.5 Å². The van der Waals surface area contributed by atoms with Gasteiger partial charge in [0.15, 0.2) is 0 Å². The lowest BCUT2D eigenvalue weighted by molar-refractivity contribution is -0.135. The van der Waals surface area contributed by atoms with Gasteiger partial charge in [0, 0.05) is 62.9 Å². The van der Waals surface area contributed by atoms with Crippen LogP contribution in [-0.2, 0) is 36.0 Å². The van der Waals surface area contributed by atoms with E-state index in [9.17, 15) is 9.59 Å². The van der Waals surface area contributed by atoms with Crippen molar-refractivity contribution in [2.45, 2.75) is 32.7 Å². The van der Waals surface area contributed by atoms with E-state index in [0.29, 0.717) is 52.2 Å². The van der Waals surface area contributed by atoms with E-state index in [0.717, 1.165) is 34.6 Å². The van der Waals surface area contributed by atoms with E-state index in [-0.39, 0.29) is 11.9 Å². The third-order valence-corrected chi connectivity index (χ3v) is 5.94. The average molecular weight is 412 g/mol. The van der Waals surface area contributed by atoms with Crippen molar-refractivity contribution >= 4 is 17.6 Å². The Kier molecular flexibility index (Phi) is 6.03. The largest absolute Gasteiger partial charge is 0.378 e. The number of morpholine rings is 1. The Morgan fingerprint density at radius 2 is 1.90 bits per heavy atom. The summed E-state index contributed by atoms with van der Waals surface area (Å²) in [6.07, 6.45) is 1.78. The van der Waals surface area contributed by atoms with Crippen LogP contribution in [0.3, 0.4) is 0 Å². The van der Waals surface area contributed by atoms with Crippen LogP contribution in [0, 0.1) is 6.92 Å². The summed E-state index contributed by atoms with van der Waals surface area (Å²) in [7, 11) is 1.94. The molecule has 1 fully saturated rings. The van der Waals surface area contributed by atoms with Gasteiger partial charge in [-0.25, -0.2) is 4.79 Å². The Morgan fingerprint density at radius 1 is 1.13 bits per heavy atom. The minimum atomic E-state index is -0.103. The lowest BCUT2D eigenvalue weighted by atomic mass is 10.0. The molecule has 4 rings (SSSR count). The van der Waals surface area contributed by atoms with Gasteiger partial charge in [0.2, 0.25) is 5.91 Å². The third-order valence-electron chi connectivity index (χ3n) is 5.94. The van der Waals surface area contributed by atoms with Crippen molar-refractivity contribution in [3.05, 3.63) is 46.8 Å². The van der Waals surface area contributed by atoms with Gasteiger partial charge in [0.25, 0.3) is 0 Å². The van der Waals surface area contributed by atoms with Crippen LogP contribution in [-0.4, -0.2) is 64.4 Å². The maximum atomic E-state index is 12.8. The van der Waals surface area contributed by atoms with Crippen LogP contribution in [0.15, 0.2) is 24.3 Å². The van der Waals surface area contributed by atoms with E-state index in [1.807, 2.05) is 52.7 Å². The number of para-hydroxylation sites is 1. The molecule has 2 aliphatic heterocycles. The lowest BCUT2D eigenvalue weighted by Crippen LogP contribution is -2.41. The second-order valence-corrected chi connectivity index (χ2v) is 7.91. The van der Waals surface area contributed by atoms with Crippen LogP contribution >= 0.6 is 0 Å². The molecular weight excluding hydrogens is 382 g/mol. The van der Waals surface area contributed by atoms with Crippen LogP contribution in [0.4, 0.5) is 10.5 Å². The zero-order valence-electron chi connectivity index (χ0n) is 17.7. The second kappa shape index (κ2) is 8.87. The molecule has 3 heterocycles. The number of carbonyl (C=O) groups excluding carboxylic acids is 2. The number of urea groups is 1. The van der Waals surface area contributed by atoms with E-state index in [2.05, 4.69) is 10.4 Å². The van der Waals surface area contributed by atoms with Gasteiger partial charge in [-0.3, -0.25) is 9.48 Å². The molecule has 0 spiro atoms. The summed E-state index contributed by atoms with van der Waals surface area (Å²) in [5.74, 6) is 0.141. The van der Waals surface area contributed by atoms with Gasteiger partial charge < -0.3 is 19.9 Å². The zero-order chi connectivity index (χ0) is 21.1. The van der Waals surface area contributed by atoms with Crippen LogP contribution in [0.2, 0.25) is 0 Å². The standard InChI is InChI=1S/C22H29N5O3/c1-16-5-3-4-6-18(16)23-22(29)27-10-9-20-17(15-27)19(24-25(20)2)7-8-21(28)26-11-13-30-14-12-26/h3-6H,7-15H2,1-2H3,(H,23,29). The summed E-state index contributed by atoms with van der Waals surface area (Å²) in [5, 5.41) is 7.68. The topological polar surface area (TPSA) is 79.7 Å². The first kappa shape index (κ1) is 20.4. The summed E-state index contributed by atoms with van der Waals surface area (Å²) >= 11 is 0. The highest BCUT2D eigenvalue weighted by atomic mass is 16.5. The molecule has 1 saturated heterocycles. The number of aryl methyl sites for hydroxylation is 3. The number of fused-ring (bicyclic) bond motifs is 1. The van der Waals surface area contributed by atoms with Gasteiger partial charge in [-0.15, -0.1) is 0 Å². The number of aromatic nitrogens is 2. The van der Waals surface area contributed by atoms with Crippen molar-refractivity contribution in [2.75, 3.05) is 38.2 Å². The number of nitrogens with zero attached hydrogens (tertiary/aromatic N) is 4. The van der Waals surface area contributed by atoms with Crippen LogP contribution < -0.4 is 5.32 Å². The fourth-order valence-corrected chi connectivity index (χ4v) is 4.15. The molecule has 1 N–H and O–H groups in total. The fourth-order valence-electron chi connectivity index (χ4n) is 4.15. The van der Waals surface area contributed by atoms with E-state index in [1.54, 1.807) is 0 Å². The van der Waals surface area contributed by atoms with E-state index >= 15 is 0 Å². The van der Waals surface area contributed by atoms with Crippen molar-refractivity contribution in [3.63, 3.8) is 0 Å². The molecule has 1 aromatic carbocycles. The number of carbonyl (C=O) groups is 2. The van der Waals surface area contributed by atoms with Crippen molar-refractivity contribution in [2.24, 2.45) is 7.05 Å². The fraction of sp³-hybridized carbons (Fsp3) is 0.500. The first-order valence-corrected chi connectivity index (χ1v) is 10.5. The molecule has 2 aromatic rings. The predicted molar refractivity (Wildman–Crippen MR) is 113 cm³/mol. The summed E-state index contributed by atoms with van der Waals surface area (Å²) in [5.41, 5.74) is 5.02. The van der Waals surface area contributed by atoms with Gasteiger partial charge in [0.1, 0.15) is 0 Å². The maximum Gasteiger partial charge on any atom is 0.322 e. The summed E-state index contributed by atoms with van der Waals surface area (Å²) < 4.78 is 7.22. The molecular formula is C22H29N5O3. The molecule has 8 nitrogen and oxygen atoms in total. The molecule has 0 aliphatic carbocycles. The second-order valence-electron chi connectivity index (χ2n) is 7.91. The van der Waals surface area contributed by atoms with Gasteiger partial charge >= 0.3 is 6.03 Å². The molecule has 2 aliphatic rings. The number of hydrogen-bond donors (Lipinski definition) is 1. The van der Waals surface area contributed by atoms with E-state index in [4.69, 9.17) is 4.74 Å². The molecule has 0 radical (unpaired) electrons. The van der Waals surface area contributed by atoms with Crippen molar-refractivity contribution in [1.82, 2.24) is 19.6 Å². The number of hydrogen-bond acceptors (Lipinski definition) is 4. The van der Waals surface area contributed by atoms with Crippen LogP contribution in [0.25, 0.3) is 0 Å². The van der Waals surface area contributed by atoms with Gasteiger partial charge in [-0.2, -0.15) is 5.10 Å². The number of nitrogens with one attached hydrogen (secondary N) is 1. The summed E-state index contributed by atoms with van der Waals surface area (Å²) in [4.78, 5) is 29.0. The highest BCUT2D eigenvalue weighted by Crippen LogP contribution is 2.24. The molecule has 0 atom stereocenters. The van der Waals surface area contributed by atoms with Crippen molar-refractivity contribution in [1.29, 1.82) is 0 Å². The number of anilines is 1. The predicted octanol–water partition coefficient (Wildman–Crippen LogP) is 2.11. The highest BCUT2D eigenvalue weighted by molar-refractivity contribution is 5.90. The molecule has 3 amide bonds. The summed E-state index contributed by atoms with van der Waals surface area (Å²) in [6, 6.07) is 7.67. The Morgan fingerprint density at radius 3 is 2.67 bits per heavy atom. The zero-order valence-corrected chi connectivity index (χ0v) is 17.7. The minimum Gasteiger partial charge on any atom is -0.378 e. The van der Waals surface area contributed by atoms with Crippen molar-refractivity contribution < 1.29 is 14.3 Å². The molecule has 1 aromatic heterocycles. The SMILES string of the molecule is Cc1ccccc1NC(=O)N1CCc2c(c(CCC(=O)N3CCOCC3)nn2C)C1. The minimum absolute atomic E-state index is 0.103. The number of rotatable bonds is 4. The Hall–Kier alpha value is -2.87. The molecule has 160 valence electrons. The van der Waals surface area contributed by atoms with Gasteiger partial charge in [-0.1, -0.05) is 18.2 Å². The molecule has 30 heavy (non-hydrogen) atoms. The smallest absolute Gasteiger partial charge is 0.322 e. The number of amides is 3. The Balaban J connectivity index is 1.42. The average Bonchev–Trinajstić information content (AvgIpc) is 3.09. The Labute approximate surface area is 176 Å². The van der Waals surface area contributed by atoms with Crippen molar-refractivity contribution in [3.8, 4) is 0 Å². The number of ether oxygens (including phenoxy) is 1. The lowest BCUT2D eigenvalue weighted by Gasteiger charge is -2.28. The highest BCUT2D eigenvalue weighted by Gasteiger charge is 2.27. The van der Waals surface area contributed by atoms with Crippen LogP contribution in [0.1, 0.15) is 28.9 Å². The first-order valence-electron chi connectivity index (χ1n) is 10.5. The van der Waals surface area contributed by atoms with Crippen LogP contribution in [0.5, 0.6) is 0 Å². The normalized spacial score (nSPS) is 16.3. The van der Waals surface area contributed by atoms with Gasteiger partial charge in [-0.05, 0) is 18.6 Å². The van der Waals surface area contributed by atoms with E-state index in [1.165, 1.54) is 0 Å².